The van der Waals surface area contributed by atoms with Gasteiger partial charge in [0.15, 0.2) is 11.5 Å². The Kier molecular flexibility index (Phi) is 9.33. The van der Waals surface area contributed by atoms with E-state index in [1.165, 1.54) is 44.7 Å². The first-order valence-electron chi connectivity index (χ1n) is 8.24. The first-order valence-corrected chi connectivity index (χ1v) is 9.68. The van der Waals surface area contributed by atoms with Crippen LogP contribution in [0.4, 0.5) is 5.69 Å². The number of hydrogen-bond acceptors (Lipinski definition) is 9. The molecule has 0 heterocycles. The van der Waals surface area contributed by atoms with Crippen LogP contribution in [0.1, 0.15) is 11.1 Å². The van der Waals surface area contributed by atoms with Gasteiger partial charge in [0.1, 0.15) is 0 Å². The molecule has 2 aromatic carbocycles. The lowest BCUT2D eigenvalue weighted by atomic mass is 10.1. The lowest BCUT2D eigenvalue weighted by molar-refractivity contribution is -0.385. The summed E-state index contributed by atoms with van der Waals surface area (Å²) < 4.78 is 39.7. The van der Waals surface area contributed by atoms with Gasteiger partial charge >= 0.3 is 0 Å². The van der Waals surface area contributed by atoms with Crippen molar-refractivity contribution in [2.75, 3.05) is 14.2 Å². The number of aryl methyl sites for hydroxylation is 1. The van der Waals surface area contributed by atoms with E-state index in [4.69, 9.17) is 25.0 Å². The molecule has 31 heavy (non-hydrogen) atoms. The van der Waals surface area contributed by atoms with Gasteiger partial charge in [-0.1, -0.05) is 17.7 Å². The quantitative estimate of drug-likeness (QED) is 0.163. The fraction of sp³-hybridized carbons (Fsp3) is 0.176. The van der Waals surface area contributed by atoms with Gasteiger partial charge in [-0.05, 0) is 19.1 Å². The number of methoxy groups -OCH3 is 2. The Morgan fingerprint density at radius 3 is 2.29 bits per heavy atom. The highest BCUT2D eigenvalue weighted by molar-refractivity contribution is 7.85. The number of non-ortho nitro benzene ring substituents is 1. The predicted molar refractivity (Wildman–Crippen MR) is 111 cm³/mol. The minimum atomic E-state index is -4.02. The summed E-state index contributed by atoms with van der Waals surface area (Å²) in [5.41, 5.74) is 7.77. The molecule has 0 aromatic heterocycles. The van der Waals surface area contributed by atoms with Crippen molar-refractivity contribution in [1.29, 1.82) is 0 Å². The minimum Gasteiger partial charge on any atom is -0.493 e. The molecule has 0 radical (unpaired) electrons. The second-order valence-electron chi connectivity index (χ2n) is 5.66. The number of benzene rings is 2. The van der Waals surface area contributed by atoms with Gasteiger partial charge in [0.25, 0.3) is 15.8 Å². The normalized spacial score (nSPS) is 11.5. The summed E-state index contributed by atoms with van der Waals surface area (Å²) in [6.45, 7) is 1.84. The number of rotatable bonds is 6. The maximum absolute atomic E-state index is 10.8. The van der Waals surface area contributed by atoms with Gasteiger partial charge in [-0.3, -0.25) is 19.9 Å². The molecule has 0 saturated carbocycles. The van der Waals surface area contributed by atoms with Crippen molar-refractivity contribution in [3.8, 4) is 11.5 Å². The molecule has 0 amide bonds. The lowest BCUT2D eigenvalue weighted by Crippen LogP contribution is -2.27. The number of ether oxygens (including phenoxy) is 2. The third-order valence-electron chi connectivity index (χ3n) is 3.50. The molecule has 0 unspecified atom stereocenters. The molecule has 168 valence electrons. The Hall–Kier alpha value is -3.75. The summed E-state index contributed by atoms with van der Waals surface area (Å²) in [6, 6.07) is 8.45. The molecule has 0 spiro atoms. The Labute approximate surface area is 177 Å². The summed E-state index contributed by atoms with van der Waals surface area (Å²) in [6.07, 6.45) is 1.18. The van der Waals surface area contributed by atoms with Crippen LogP contribution in [-0.4, -0.2) is 49.5 Å². The van der Waals surface area contributed by atoms with Gasteiger partial charge in [0.05, 0.1) is 36.3 Å². The van der Waals surface area contributed by atoms with Crippen LogP contribution in [0, 0.1) is 17.0 Å². The molecule has 14 heteroatoms. The summed E-state index contributed by atoms with van der Waals surface area (Å²) in [5.74, 6) is 0.102. The van der Waals surface area contributed by atoms with Gasteiger partial charge in [0.2, 0.25) is 5.96 Å². The summed E-state index contributed by atoms with van der Waals surface area (Å²) >= 11 is 0. The highest BCUT2D eigenvalue weighted by Gasteiger charge is 2.17. The van der Waals surface area contributed by atoms with E-state index in [1.54, 1.807) is 17.6 Å². The molecule has 5 N–H and O–H groups in total. The summed E-state index contributed by atoms with van der Waals surface area (Å²) in [5, 5.41) is 26.2. The highest BCUT2D eigenvalue weighted by Crippen LogP contribution is 2.34. The lowest BCUT2D eigenvalue weighted by Gasteiger charge is -2.09. The van der Waals surface area contributed by atoms with Crippen molar-refractivity contribution >= 4 is 28.0 Å². The number of nitrogens with one attached hydrogen (secondary N) is 1. The fourth-order valence-electron chi connectivity index (χ4n) is 2.07. The molecule has 0 fully saturated rings. The molecule has 0 saturated heterocycles. The topological polar surface area (TPSA) is 199 Å². The van der Waals surface area contributed by atoms with E-state index in [-0.39, 0.29) is 33.6 Å². The Morgan fingerprint density at radius 1 is 1.23 bits per heavy atom. The molecule has 2 rings (SSSR count). The zero-order chi connectivity index (χ0) is 23.6. The van der Waals surface area contributed by atoms with Crippen molar-refractivity contribution < 1.29 is 32.6 Å². The van der Waals surface area contributed by atoms with Crippen LogP contribution in [0.15, 0.2) is 51.5 Å². The smallest absolute Gasteiger partial charge is 0.294 e. The molecular formula is C17H21N5O8S. The van der Waals surface area contributed by atoms with E-state index in [2.05, 4.69) is 10.2 Å². The van der Waals surface area contributed by atoms with Crippen LogP contribution in [0.25, 0.3) is 0 Å². The van der Waals surface area contributed by atoms with Crippen LogP contribution < -0.4 is 20.7 Å². The monoisotopic (exact) mass is 455 g/mol. The van der Waals surface area contributed by atoms with Crippen LogP contribution in [-0.2, 0) is 10.1 Å². The van der Waals surface area contributed by atoms with Gasteiger partial charge < -0.3 is 15.2 Å². The van der Waals surface area contributed by atoms with E-state index in [0.717, 1.165) is 5.56 Å². The van der Waals surface area contributed by atoms with E-state index in [1.807, 2.05) is 6.92 Å². The van der Waals surface area contributed by atoms with Crippen molar-refractivity contribution in [2.45, 2.75) is 11.8 Å². The second kappa shape index (κ2) is 11.4. The van der Waals surface area contributed by atoms with Crippen molar-refractivity contribution in [1.82, 2.24) is 5.48 Å². The molecule has 0 atom stereocenters. The van der Waals surface area contributed by atoms with E-state index < -0.39 is 15.0 Å². The van der Waals surface area contributed by atoms with Crippen molar-refractivity contribution in [2.24, 2.45) is 15.9 Å². The fourth-order valence-corrected chi connectivity index (χ4v) is 2.55. The largest absolute Gasteiger partial charge is 0.493 e. The predicted octanol–water partition coefficient (Wildman–Crippen LogP) is 1.48. The van der Waals surface area contributed by atoms with Crippen LogP contribution >= 0.6 is 0 Å². The molecule has 0 aliphatic heterocycles. The second-order valence-corrected chi connectivity index (χ2v) is 7.08. The van der Waals surface area contributed by atoms with Gasteiger partial charge in [0, 0.05) is 11.6 Å². The number of guanidine groups is 1. The van der Waals surface area contributed by atoms with Crippen LogP contribution in [0.5, 0.6) is 11.5 Å². The zero-order valence-corrected chi connectivity index (χ0v) is 17.5. The average molecular weight is 455 g/mol. The SMILES string of the molecule is COc1cc([N+](=O)[O-])cc(/C=N/N=C(N)NO)c1OC.Cc1ccc(S(=O)(=O)O)cc1. The van der Waals surface area contributed by atoms with E-state index in [0.29, 0.717) is 0 Å². The van der Waals surface area contributed by atoms with Crippen LogP contribution in [0.3, 0.4) is 0 Å². The number of hydrogen-bond donors (Lipinski definition) is 4. The Balaban J connectivity index is 0.000000367. The molecular weight excluding hydrogens is 434 g/mol. The number of nitrogens with zero attached hydrogens (tertiary/aromatic N) is 3. The van der Waals surface area contributed by atoms with Crippen LogP contribution in [0.2, 0.25) is 0 Å². The molecule has 2 aromatic rings. The van der Waals surface area contributed by atoms with Crippen molar-refractivity contribution in [3.63, 3.8) is 0 Å². The molecule has 0 aliphatic carbocycles. The van der Waals surface area contributed by atoms with E-state index >= 15 is 0 Å². The maximum Gasteiger partial charge on any atom is 0.294 e. The number of nitro benzene ring substituents is 1. The zero-order valence-electron chi connectivity index (χ0n) is 16.7. The number of hydroxylamine groups is 1. The molecule has 0 aliphatic rings. The first-order chi connectivity index (χ1) is 14.5. The number of nitrogens with two attached hydrogens (primary N) is 1. The molecule has 0 bridgehead atoms. The summed E-state index contributed by atoms with van der Waals surface area (Å²) in [7, 11) is -1.28. The number of nitro groups is 1. The summed E-state index contributed by atoms with van der Waals surface area (Å²) in [4.78, 5) is 10.2. The van der Waals surface area contributed by atoms with Gasteiger partial charge in [-0.15, -0.1) is 5.10 Å². The third-order valence-corrected chi connectivity index (χ3v) is 4.37. The van der Waals surface area contributed by atoms with Crippen molar-refractivity contribution in [3.05, 3.63) is 57.6 Å². The third kappa shape index (κ3) is 7.88. The Bertz CT molecular complexity index is 1070. The standard InChI is InChI=1S/C10H13N5O5.C7H8O3S/c1-19-8-4-7(15(17)18)3-6(9(8)20-2)5-12-13-10(11)14-16;1-6-2-4-7(5-3-6)11(8,9)10/h3-5,16H,1-2H3,(H3,11,13,14);2-5H,1H3,(H,8,9,10)/b12-5+;. The maximum atomic E-state index is 10.8. The highest BCUT2D eigenvalue weighted by atomic mass is 32.2. The average Bonchev–Trinajstić information content (AvgIpc) is 2.72. The Morgan fingerprint density at radius 2 is 1.84 bits per heavy atom. The van der Waals surface area contributed by atoms with Gasteiger partial charge in [-0.2, -0.15) is 13.5 Å². The first kappa shape index (κ1) is 25.3. The van der Waals surface area contributed by atoms with Gasteiger partial charge in [-0.25, -0.2) is 5.48 Å². The van der Waals surface area contributed by atoms with E-state index in [9.17, 15) is 18.5 Å². The molecule has 13 nitrogen and oxygen atoms in total. The minimum absolute atomic E-state index is 0.0666.